The molecule has 0 saturated carbocycles. The standard InChI is InChI=1S/C10H18N2O3/c1-7(2)12-5-4-8(10(14)15)6-9(13)11-3/h4,7,12H,5-6H2,1-3H3,(H,11,13)(H,14,15)/b8-4+. The van der Waals surface area contributed by atoms with Crippen LogP contribution in [0, 0.1) is 0 Å². The van der Waals surface area contributed by atoms with Gasteiger partial charge in [0.2, 0.25) is 5.91 Å². The lowest BCUT2D eigenvalue weighted by molar-refractivity contribution is -0.134. The first-order valence-electron chi connectivity index (χ1n) is 4.83. The molecule has 15 heavy (non-hydrogen) atoms. The molecule has 0 aliphatic rings. The number of carbonyl (C=O) groups excluding carboxylic acids is 1. The van der Waals surface area contributed by atoms with Gasteiger partial charge in [-0.15, -0.1) is 0 Å². The van der Waals surface area contributed by atoms with Gasteiger partial charge in [-0.2, -0.15) is 0 Å². The molecule has 5 nitrogen and oxygen atoms in total. The average Bonchev–Trinajstić information content (AvgIpc) is 2.15. The fraction of sp³-hybridized carbons (Fsp3) is 0.600. The maximum absolute atomic E-state index is 11.0. The summed E-state index contributed by atoms with van der Waals surface area (Å²) in [4.78, 5) is 21.7. The van der Waals surface area contributed by atoms with Crippen molar-refractivity contribution in [2.24, 2.45) is 0 Å². The molecule has 0 aliphatic carbocycles. The molecule has 0 atom stereocenters. The highest BCUT2D eigenvalue weighted by atomic mass is 16.4. The highest BCUT2D eigenvalue weighted by Gasteiger charge is 2.10. The highest BCUT2D eigenvalue weighted by Crippen LogP contribution is 2.00. The van der Waals surface area contributed by atoms with Crippen molar-refractivity contribution in [3.05, 3.63) is 11.6 Å². The van der Waals surface area contributed by atoms with E-state index in [2.05, 4.69) is 10.6 Å². The molecule has 0 spiro atoms. The van der Waals surface area contributed by atoms with Crippen molar-refractivity contribution < 1.29 is 14.7 Å². The van der Waals surface area contributed by atoms with Gasteiger partial charge < -0.3 is 15.7 Å². The van der Waals surface area contributed by atoms with E-state index in [1.807, 2.05) is 13.8 Å². The maximum Gasteiger partial charge on any atom is 0.331 e. The summed E-state index contributed by atoms with van der Waals surface area (Å²) >= 11 is 0. The first kappa shape index (κ1) is 13.6. The second-order valence-corrected chi connectivity index (χ2v) is 3.45. The van der Waals surface area contributed by atoms with E-state index in [1.165, 1.54) is 13.1 Å². The van der Waals surface area contributed by atoms with Gasteiger partial charge in [-0.1, -0.05) is 19.9 Å². The van der Waals surface area contributed by atoms with Gasteiger partial charge in [-0.3, -0.25) is 4.79 Å². The largest absolute Gasteiger partial charge is 0.478 e. The Morgan fingerprint density at radius 2 is 2.00 bits per heavy atom. The SMILES string of the molecule is CNC(=O)C/C(=C\CNC(C)C)C(=O)O. The van der Waals surface area contributed by atoms with Crippen molar-refractivity contribution in [3.63, 3.8) is 0 Å². The third-order valence-corrected chi connectivity index (χ3v) is 1.78. The summed E-state index contributed by atoms with van der Waals surface area (Å²) in [5.41, 5.74) is 0.113. The van der Waals surface area contributed by atoms with E-state index in [4.69, 9.17) is 5.11 Å². The Balaban J connectivity index is 4.26. The molecule has 0 aromatic carbocycles. The number of aliphatic carboxylic acids is 1. The number of carbonyl (C=O) groups is 2. The molecular weight excluding hydrogens is 196 g/mol. The normalized spacial score (nSPS) is 11.6. The molecular formula is C10H18N2O3. The third kappa shape index (κ3) is 6.68. The molecule has 1 amide bonds. The molecule has 0 bridgehead atoms. The van der Waals surface area contributed by atoms with E-state index < -0.39 is 5.97 Å². The van der Waals surface area contributed by atoms with Gasteiger partial charge in [0, 0.05) is 25.2 Å². The number of nitrogens with one attached hydrogen (secondary N) is 2. The number of hydrogen-bond acceptors (Lipinski definition) is 3. The molecule has 0 rings (SSSR count). The van der Waals surface area contributed by atoms with Crippen LogP contribution >= 0.6 is 0 Å². The number of amides is 1. The zero-order valence-corrected chi connectivity index (χ0v) is 9.33. The Morgan fingerprint density at radius 1 is 1.40 bits per heavy atom. The Labute approximate surface area is 89.6 Å². The zero-order chi connectivity index (χ0) is 11.8. The Kier molecular flexibility index (Phi) is 6.37. The summed E-state index contributed by atoms with van der Waals surface area (Å²) in [6.07, 6.45) is 1.43. The lowest BCUT2D eigenvalue weighted by Gasteiger charge is -2.06. The highest BCUT2D eigenvalue weighted by molar-refractivity contribution is 5.93. The van der Waals surface area contributed by atoms with Crippen molar-refractivity contribution in [2.45, 2.75) is 26.3 Å². The molecule has 0 aliphatic heterocycles. The maximum atomic E-state index is 11.0. The summed E-state index contributed by atoms with van der Waals surface area (Å²) in [6, 6.07) is 0.288. The van der Waals surface area contributed by atoms with Crippen LogP contribution < -0.4 is 10.6 Å². The van der Waals surface area contributed by atoms with Crippen LogP contribution in [0.15, 0.2) is 11.6 Å². The van der Waals surface area contributed by atoms with E-state index in [0.29, 0.717) is 6.54 Å². The van der Waals surface area contributed by atoms with Gasteiger partial charge in [0.1, 0.15) is 0 Å². The van der Waals surface area contributed by atoms with Crippen molar-refractivity contribution in [1.82, 2.24) is 10.6 Å². The second kappa shape index (κ2) is 7.00. The third-order valence-electron chi connectivity index (χ3n) is 1.78. The number of carboxylic acids is 1. The smallest absolute Gasteiger partial charge is 0.331 e. The van der Waals surface area contributed by atoms with Crippen LogP contribution in [-0.2, 0) is 9.59 Å². The van der Waals surface area contributed by atoms with Crippen molar-refractivity contribution >= 4 is 11.9 Å². The topological polar surface area (TPSA) is 78.4 Å². The molecule has 5 heteroatoms. The van der Waals surface area contributed by atoms with E-state index in [9.17, 15) is 9.59 Å². The summed E-state index contributed by atoms with van der Waals surface area (Å²) < 4.78 is 0. The summed E-state index contributed by atoms with van der Waals surface area (Å²) in [5.74, 6) is -1.35. The number of carboxylic acid groups (broad SMARTS) is 1. The average molecular weight is 214 g/mol. The number of hydrogen-bond donors (Lipinski definition) is 3. The molecule has 3 N–H and O–H groups in total. The van der Waals surface area contributed by atoms with Crippen LogP contribution in [0.3, 0.4) is 0 Å². The summed E-state index contributed by atoms with van der Waals surface area (Å²) in [7, 11) is 1.48. The van der Waals surface area contributed by atoms with Gasteiger partial charge in [0.25, 0.3) is 0 Å². The molecule has 0 unspecified atom stereocenters. The number of rotatable bonds is 6. The van der Waals surface area contributed by atoms with E-state index in [0.717, 1.165) is 0 Å². The van der Waals surface area contributed by atoms with E-state index in [1.54, 1.807) is 0 Å². The van der Waals surface area contributed by atoms with Crippen LogP contribution in [-0.4, -0.2) is 36.6 Å². The lowest BCUT2D eigenvalue weighted by Crippen LogP contribution is -2.24. The molecule has 0 radical (unpaired) electrons. The molecule has 86 valence electrons. The van der Waals surface area contributed by atoms with Crippen LogP contribution in [0.25, 0.3) is 0 Å². The Morgan fingerprint density at radius 3 is 2.40 bits per heavy atom. The Bertz CT molecular complexity index is 259. The monoisotopic (exact) mass is 214 g/mol. The predicted molar refractivity (Wildman–Crippen MR) is 57.5 cm³/mol. The zero-order valence-electron chi connectivity index (χ0n) is 9.33. The fourth-order valence-electron chi connectivity index (χ4n) is 0.914. The van der Waals surface area contributed by atoms with E-state index >= 15 is 0 Å². The van der Waals surface area contributed by atoms with E-state index in [-0.39, 0.29) is 23.9 Å². The van der Waals surface area contributed by atoms with Gasteiger partial charge in [0.05, 0.1) is 6.42 Å². The van der Waals surface area contributed by atoms with Crippen molar-refractivity contribution in [2.75, 3.05) is 13.6 Å². The minimum absolute atomic E-state index is 0.0917. The molecule has 0 heterocycles. The van der Waals surface area contributed by atoms with Gasteiger partial charge >= 0.3 is 5.97 Å². The predicted octanol–water partition coefficient (Wildman–Crippen LogP) is 0.132. The first-order valence-corrected chi connectivity index (χ1v) is 4.83. The minimum Gasteiger partial charge on any atom is -0.478 e. The van der Waals surface area contributed by atoms with Crippen molar-refractivity contribution in [1.29, 1.82) is 0 Å². The van der Waals surface area contributed by atoms with Crippen molar-refractivity contribution in [3.8, 4) is 0 Å². The van der Waals surface area contributed by atoms with Crippen LogP contribution in [0.4, 0.5) is 0 Å². The summed E-state index contributed by atoms with van der Waals surface area (Å²) in [5, 5.41) is 14.2. The van der Waals surface area contributed by atoms with Crippen LogP contribution in [0.2, 0.25) is 0 Å². The van der Waals surface area contributed by atoms with Crippen LogP contribution in [0.5, 0.6) is 0 Å². The molecule has 0 fully saturated rings. The van der Waals surface area contributed by atoms with Gasteiger partial charge in [0.15, 0.2) is 0 Å². The molecule has 0 aromatic rings. The fourth-order valence-corrected chi connectivity index (χ4v) is 0.914. The minimum atomic E-state index is -1.05. The lowest BCUT2D eigenvalue weighted by atomic mass is 10.1. The van der Waals surface area contributed by atoms with Gasteiger partial charge in [-0.25, -0.2) is 4.79 Å². The second-order valence-electron chi connectivity index (χ2n) is 3.45. The molecule has 0 aromatic heterocycles. The Hall–Kier alpha value is -1.36. The molecule has 0 saturated heterocycles. The summed E-state index contributed by atoms with van der Waals surface area (Å²) in [6.45, 7) is 4.39. The van der Waals surface area contributed by atoms with Gasteiger partial charge in [-0.05, 0) is 0 Å². The quantitative estimate of drug-likeness (QED) is 0.549. The first-order chi connectivity index (χ1) is 6.97. The van der Waals surface area contributed by atoms with Crippen LogP contribution in [0.1, 0.15) is 20.3 Å².